The second kappa shape index (κ2) is 6.88. The fraction of sp³-hybridized carbons (Fsp3) is 0.733. The Bertz CT molecular complexity index is 448. The lowest BCUT2D eigenvalue weighted by Crippen LogP contribution is -2.29. The van der Waals surface area contributed by atoms with Gasteiger partial charge < -0.3 is 14.6 Å². The Kier molecular flexibility index (Phi) is 5.17. The summed E-state index contributed by atoms with van der Waals surface area (Å²) in [5.74, 6) is 0.672. The molecule has 0 bridgehead atoms. The summed E-state index contributed by atoms with van der Waals surface area (Å²) >= 11 is 0. The fourth-order valence-corrected chi connectivity index (χ4v) is 2.59. The highest BCUT2D eigenvalue weighted by Gasteiger charge is 2.22. The molecule has 1 aromatic rings. The van der Waals surface area contributed by atoms with Gasteiger partial charge in [-0.2, -0.15) is 0 Å². The Hall–Kier alpha value is -1.36. The van der Waals surface area contributed by atoms with Crippen LogP contribution in [0.4, 0.5) is 0 Å². The highest BCUT2D eigenvalue weighted by atomic mass is 16.5. The van der Waals surface area contributed by atoms with E-state index in [0.29, 0.717) is 36.3 Å². The second-order valence-electron chi connectivity index (χ2n) is 5.70. The van der Waals surface area contributed by atoms with Gasteiger partial charge in [-0.05, 0) is 19.8 Å². The van der Waals surface area contributed by atoms with Crippen molar-refractivity contribution in [1.82, 2.24) is 10.5 Å². The van der Waals surface area contributed by atoms with Crippen molar-refractivity contribution in [2.45, 2.75) is 58.5 Å². The lowest BCUT2D eigenvalue weighted by atomic mass is 10.0. The van der Waals surface area contributed by atoms with E-state index in [-0.39, 0.29) is 11.8 Å². The molecule has 5 heteroatoms. The van der Waals surface area contributed by atoms with Crippen LogP contribution in [0.2, 0.25) is 0 Å². The molecule has 0 spiro atoms. The molecule has 1 amide bonds. The molecule has 1 N–H and O–H groups in total. The van der Waals surface area contributed by atoms with Gasteiger partial charge in [-0.1, -0.05) is 31.8 Å². The Morgan fingerprint density at radius 1 is 1.45 bits per heavy atom. The number of aryl methyl sites for hydroxylation is 1. The number of hydrogen-bond donors (Lipinski definition) is 1. The SMILES string of the molecule is Cc1noc(C(C)C)c1C(=O)NCCOC1CCCC1. The zero-order valence-corrected chi connectivity index (χ0v) is 12.6. The van der Waals surface area contributed by atoms with Crippen molar-refractivity contribution in [2.24, 2.45) is 0 Å². The van der Waals surface area contributed by atoms with Gasteiger partial charge in [-0.3, -0.25) is 4.79 Å². The minimum absolute atomic E-state index is 0.123. The zero-order chi connectivity index (χ0) is 14.5. The van der Waals surface area contributed by atoms with Gasteiger partial charge in [0.2, 0.25) is 0 Å². The third-order valence-electron chi connectivity index (χ3n) is 3.68. The highest BCUT2D eigenvalue weighted by molar-refractivity contribution is 5.96. The molecule has 0 unspecified atom stereocenters. The molecule has 1 saturated carbocycles. The number of carbonyl (C=O) groups is 1. The smallest absolute Gasteiger partial charge is 0.256 e. The third-order valence-corrected chi connectivity index (χ3v) is 3.68. The number of ether oxygens (including phenoxy) is 1. The van der Waals surface area contributed by atoms with E-state index in [1.165, 1.54) is 12.8 Å². The van der Waals surface area contributed by atoms with Gasteiger partial charge in [-0.15, -0.1) is 0 Å². The molecule has 0 radical (unpaired) electrons. The van der Waals surface area contributed by atoms with Crippen molar-refractivity contribution in [1.29, 1.82) is 0 Å². The summed E-state index contributed by atoms with van der Waals surface area (Å²) in [6.45, 7) is 6.86. The lowest BCUT2D eigenvalue weighted by Gasteiger charge is -2.11. The molecule has 0 atom stereocenters. The number of carbonyl (C=O) groups excluding carboxylic acids is 1. The number of rotatable bonds is 6. The minimum atomic E-state index is -0.123. The van der Waals surface area contributed by atoms with E-state index in [4.69, 9.17) is 9.26 Å². The maximum Gasteiger partial charge on any atom is 0.256 e. The number of aromatic nitrogens is 1. The van der Waals surface area contributed by atoms with Crippen LogP contribution in [0.25, 0.3) is 0 Å². The Morgan fingerprint density at radius 2 is 2.15 bits per heavy atom. The molecule has 1 aliphatic rings. The number of nitrogens with one attached hydrogen (secondary N) is 1. The quantitative estimate of drug-likeness (QED) is 0.814. The van der Waals surface area contributed by atoms with Crippen molar-refractivity contribution in [3.05, 3.63) is 17.0 Å². The summed E-state index contributed by atoms with van der Waals surface area (Å²) in [5, 5.41) is 6.76. The monoisotopic (exact) mass is 280 g/mol. The molecule has 20 heavy (non-hydrogen) atoms. The molecule has 1 fully saturated rings. The molecule has 1 aromatic heterocycles. The minimum Gasteiger partial charge on any atom is -0.376 e. The second-order valence-corrected chi connectivity index (χ2v) is 5.70. The van der Waals surface area contributed by atoms with E-state index in [1.807, 2.05) is 13.8 Å². The van der Waals surface area contributed by atoms with E-state index in [1.54, 1.807) is 6.92 Å². The summed E-state index contributed by atoms with van der Waals surface area (Å²) in [6, 6.07) is 0. The summed E-state index contributed by atoms with van der Waals surface area (Å²) in [7, 11) is 0. The van der Waals surface area contributed by atoms with Gasteiger partial charge in [-0.25, -0.2) is 0 Å². The van der Waals surface area contributed by atoms with Gasteiger partial charge in [0.15, 0.2) is 5.76 Å². The first-order valence-electron chi connectivity index (χ1n) is 7.45. The van der Waals surface area contributed by atoms with Gasteiger partial charge >= 0.3 is 0 Å². The molecule has 0 saturated heterocycles. The van der Waals surface area contributed by atoms with Crippen LogP contribution < -0.4 is 5.32 Å². The molecule has 0 aliphatic heterocycles. The standard InChI is InChI=1S/C15H24N2O3/c1-10(2)14-13(11(3)17-20-14)15(18)16-8-9-19-12-6-4-5-7-12/h10,12H,4-9H2,1-3H3,(H,16,18). The first-order valence-corrected chi connectivity index (χ1v) is 7.45. The highest BCUT2D eigenvalue weighted by Crippen LogP contribution is 2.22. The van der Waals surface area contributed by atoms with E-state index in [2.05, 4.69) is 10.5 Å². The van der Waals surface area contributed by atoms with Crippen LogP contribution in [0.1, 0.15) is 67.3 Å². The van der Waals surface area contributed by atoms with Crippen LogP contribution in [0.3, 0.4) is 0 Å². The Balaban J connectivity index is 1.81. The Labute approximate surface area is 120 Å². The average molecular weight is 280 g/mol. The number of hydrogen-bond acceptors (Lipinski definition) is 4. The van der Waals surface area contributed by atoms with Crippen molar-refractivity contribution in [2.75, 3.05) is 13.2 Å². The lowest BCUT2D eigenvalue weighted by molar-refractivity contribution is 0.0581. The van der Waals surface area contributed by atoms with Crippen LogP contribution in [0.5, 0.6) is 0 Å². The van der Waals surface area contributed by atoms with Crippen LogP contribution in [-0.2, 0) is 4.74 Å². The van der Waals surface area contributed by atoms with E-state index in [9.17, 15) is 4.79 Å². The molecule has 1 aliphatic carbocycles. The number of amides is 1. The first-order chi connectivity index (χ1) is 9.59. The van der Waals surface area contributed by atoms with Crippen molar-refractivity contribution < 1.29 is 14.1 Å². The van der Waals surface area contributed by atoms with E-state index in [0.717, 1.165) is 12.8 Å². The van der Waals surface area contributed by atoms with Crippen molar-refractivity contribution >= 4 is 5.91 Å². The maximum atomic E-state index is 12.2. The molecule has 112 valence electrons. The molecule has 1 heterocycles. The van der Waals surface area contributed by atoms with Crippen LogP contribution in [0.15, 0.2) is 4.52 Å². The predicted molar refractivity (Wildman–Crippen MR) is 75.9 cm³/mol. The average Bonchev–Trinajstić information content (AvgIpc) is 3.03. The maximum absolute atomic E-state index is 12.2. The van der Waals surface area contributed by atoms with Crippen molar-refractivity contribution in [3.8, 4) is 0 Å². The predicted octanol–water partition coefficient (Wildman–Crippen LogP) is 2.80. The molecular weight excluding hydrogens is 256 g/mol. The van der Waals surface area contributed by atoms with E-state index < -0.39 is 0 Å². The third kappa shape index (κ3) is 3.60. The van der Waals surface area contributed by atoms with Gasteiger partial charge in [0.05, 0.1) is 18.4 Å². The topological polar surface area (TPSA) is 64.4 Å². The van der Waals surface area contributed by atoms with Crippen LogP contribution in [-0.4, -0.2) is 30.3 Å². The van der Waals surface area contributed by atoms with E-state index >= 15 is 0 Å². The van der Waals surface area contributed by atoms with Gasteiger partial charge in [0, 0.05) is 12.5 Å². The normalized spacial score (nSPS) is 16.0. The zero-order valence-electron chi connectivity index (χ0n) is 12.6. The number of nitrogens with zero attached hydrogens (tertiary/aromatic N) is 1. The van der Waals surface area contributed by atoms with Crippen molar-refractivity contribution in [3.63, 3.8) is 0 Å². The summed E-state index contributed by atoms with van der Waals surface area (Å²) in [4.78, 5) is 12.2. The largest absolute Gasteiger partial charge is 0.376 e. The fourth-order valence-electron chi connectivity index (χ4n) is 2.59. The summed E-state index contributed by atoms with van der Waals surface area (Å²) in [6.07, 6.45) is 5.20. The summed E-state index contributed by atoms with van der Waals surface area (Å²) < 4.78 is 10.9. The molecule has 2 rings (SSSR count). The van der Waals surface area contributed by atoms with Gasteiger partial charge in [0.1, 0.15) is 5.56 Å². The van der Waals surface area contributed by atoms with Gasteiger partial charge in [0.25, 0.3) is 5.91 Å². The summed E-state index contributed by atoms with van der Waals surface area (Å²) in [5.41, 5.74) is 1.21. The first kappa shape index (κ1) is 15.0. The molecular formula is C15H24N2O3. The molecule has 0 aromatic carbocycles. The Morgan fingerprint density at radius 3 is 2.80 bits per heavy atom. The molecule has 5 nitrogen and oxygen atoms in total. The van der Waals surface area contributed by atoms with Crippen LogP contribution in [0, 0.1) is 6.92 Å². The van der Waals surface area contributed by atoms with Crippen LogP contribution >= 0.6 is 0 Å².